The lowest BCUT2D eigenvalue weighted by atomic mass is 10.1. The maximum atomic E-state index is 11.7. The van der Waals surface area contributed by atoms with E-state index >= 15 is 0 Å². The third-order valence-electron chi connectivity index (χ3n) is 2.41. The van der Waals surface area contributed by atoms with Crippen LogP contribution in [0.15, 0.2) is 35.7 Å². The fourth-order valence-corrected chi connectivity index (χ4v) is 1.93. The highest BCUT2D eigenvalue weighted by Gasteiger charge is 2.09. The lowest BCUT2D eigenvalue weighted by molar-refractivity contribution is 0.0740. The minimum Gasteiger partial charge on any atom is -0.422 e. The first kappa shape index (κ1) is 10.9. The van der Waals surface area contributed by atoms with Crippen molar-refractivity contribution in [3.05, 3.63) is 51.7 Å². The van der Waals surface area contributed by atoms with Crippen molar-refractivity contribution in [2.24, 2.45) is 0 Å². The average molecular weight is 232 g/mol. The first-order valence-corrected chi connectivity index (χ1v) is 5.88. The minimum atomic E-state index is -0.293. The molecule has 2 rings (SSSR count). The number of rotatable bonds is 2. The van der Waals surface area contributed by atoms with Crippen molar-refractivity contribution in [3.8, 4) is 5.75 Å². The summed E-state index contributed by atoms with van der Waals surface area (Å²) in [6, 6.07) is 9.23. The van der Waals surface area contributed by atoms with Crippen LogP contribution in [-0.2, 0) is 0 Å². The van der Waals surface area contributed by atoms with Gasteiger partial charge in [-0.15, -0.1) is 11.3 Å². The second-order valence-corrected chi connectivity index (χ2v) is 4.56. The molecule has 1 heterocycles. The Morgan fingerprint density at radius 3 is 2.62 bits per heavy atom. The Morgan fingerprint density at radius 1 is 1.19 bits per heavy atom. The zero-order valence-corrected chi connectivity index (χ0v) is 10.0. The number of hydrogen-bond acceptors (Lipinski definition) is 3. The number of aryl methyl sites for hydroxylation is 2. The second-order valence-electron chi connectivity index (χ2n) is 3.61. The maximum absolute atomic E-state index is 11.7. The Morgan fingerprint density at radius 2 is 2.00 bits per heavy atom. The molecule has 2 nitrogen and oxygen atoms in total. The predicted octanol–water partition coefficient (Wildman–Crippen LogP) is 3.58. The first-order chi connectivity index (χ1) is 7.66. The minimum absolute atomic E-state index is 0.293. The van der Waals surface area contributed by atoms with Gasteiger partial charge in [0.1, 0.15) is 10.6 Å². The summed E-state index contributed by atoms with van der Waals surface area (Å²) in [6.07, 6.45) is 0. The van der Waals surface area contributed by atoms with Crippen LogP contribution < -0.4 is 4.74 Å². The molecular weight excluding hydrogens is 220 g/mol. The zero-order chi connectivity index (χ0) is 11.5. The molecule has 0 N–H and O–H groups in total. The highest BCUT2D eigenvalue weighted by molar-refractivity contribution is 7.12. The monoisotopic (exact) mass is 232 g/mol. The van der Waals surface area contributed by atoms with E-state index in [0.29, 0.717) is 10.6 Å². The molecule has 0 aliphatic carbocycles. The Kier molecular flexibility index (Phi) is 3.06. The summed E-state index contributed by atoms with van der Waals surface area (Å²) in [5.74, 6) is 0.305. The van der Waals surface area contributed by atoms with Crippen LogP contribution in [0.3, 0.4) is 0 Å². The standard InChI is InChI=1S/C13H12O2S/c1-9-5-6-11(8-10(9)2)15-13(14)12-4-3-7-16-12/h3-8H,1-2H3. The lowest BCUT2D eigenvalue weighted by Crippen LogP contribution is -2.06. The zero-order valence-electron chi connectivity index (χ0n) is 9.19. The van der Waals surface area contributed by atoms with Crippen LogP contribution in [0.4, 0.5) is 0 Å². The summed E-state index contributed by atoms with van der Waals surface area (Å²) < 4.78 is 5.27. The molecule has 0 saturated heterocycles. The summed E-state index contributed by atoms with van der Waals surface area (Å²) in [6.45, 7) is 4.03. The van der Waals surface area contributed by atoms with E-state index in [9.17, 15) is 4.79 Å². The molecule has 3 heteroatoms. The Hall–Kier alpha value is -1.61. The molecule has 0 aliphatic heterocycles. The normalized spacial score (nSPS) is 10.1. The van der Waals surface area contributed by atoms with E-state index in [2.05, 4.69) is 0 Å². The van der Waals surface area contributed by atoms with Gasteiger partial charge in [0, 0.05) is 0 Å². The van der Waals surface area contributed by atoms with Crippen LogP contribution in [0.25, 0.3) is 0 Å². The molecule has 16 heavy (non-hydrogen) atoms. The highest BCUT2D eigenvalue weighted by Crippen LogP contribution is 2.19. The molecule has 0 radical (unpaired) electrons. The first-order valence-electron chi connectivity index (χ1n) is 5.00. The molecule has 0 spiro atoms. The van der Waals surface area contributed by atoms with Crippen LogP contribution in [0.2, 0.25) is 0 Å². The van der Waals surface area contributed by atoms with Crippen LogP contribution in [0.1, 0.15) is 20.8 Å². The van der Waals surface area contributed by atoms with Crippen LogP contribution in [0, 0.1) is 13.8 Å². The molecule has 0 saturated carbocycles. The van der Waals surface area contributed by atoms with Crippen LogP contribution in [0.5, 0.6) is 5.75 Å². The van der Waals surface area contributed by atoms with Crippen molar-refractivity contribution in [1.29, 1.82) is 0 Å². The largest absolute Gasteiger partial charge is 0.422 e. The highest BCUT2D eigenvalue weighted by atomic mass is 32.1. The molecule has 1 aromatic carbocycles. The topological polar surface area (TPSA) is 26.3 Å². The molecule has 1 aromatic heterocycles. The number of hydrogen-bond donors (Lipinski definition) is 0. The third-order valence-corrected chi connectivity index (χ3v) is 3.26. The quantitative estimate of drug-likeness (QED) is 0.584. The molecule has 0 unspecified atom stereocenters. The summed E-state index contributed by atoms with van der Waals surface area (Å²) in [5.41, 5.74) is 2.31. The van der Waals surface area contributed by atoms with Gasteiger partial charge in [-0.25, -0.2) is 4.79 Å². The molecule has 0 aliphatic rings. The van der Waals surface area contributed by atoms with E-state index in [1.54, 1.807) is 6.07 Å². The Balaban J connectivity index is 2.15. The van der Waals surface area contributed by atoms with Gasteiger partial charge in [-0.3, -0.25) is 0 Å². The van der Waals surface area contributed by atoms with Gasteiger partial charge in [0.15, 0.2) is 0 Å². The van der Waals surface area contributed by atoms with Gasteiger partial charge in [-0.1, -0.05) is 12.1 Å². The van der Waals surface area contributed by atoms with Crippen LogP contribution in [-0.4, -0.2) is 5.97 Å². The van der Waals surface area contributed by atoms with Gasteiger partial charge in [-0.2, -0.15) is 0 Å². The average Bonchev–Trinajstić information content (AvgIpc) is 2.77. The van der Waals surface area contributed by atoms with Crippen molar-refractivity contribution in [2.45, 2.75) is 13.8 Å². The molecule has 0 bridgehead atoms. The number of thiophene rings is 1. The molecule has 0 atom stereocenters. The number of esters is 1. The Labute approximate surface area is 98.5 Å². The third kappa shape index (κ3) is 2.31. The fourth-order valence-electron chi connectivity index (χ4n) is 1.33. The van der Waals surface area contributed by atoms with E-state index in [1.165, 1.54) is 16.9 Å². The van der Waals surface area contributed by atoms with Gasteiger partial charge in [0.05, 0.1) is 0 Å². The molecular formula is C13H12O2S. The fraction of sp³-hybridized carbons (Fsp3) is 0.154. The summed E-state index contributed by atoms with van der Waals surface area (Å²) in [7, 11) is 0. The SMILES string of the molecule is Cc1ccc(OC(=O)c2cccs2)cc1C. The number of benzene rings is 1. The summed E-state index contributed by atoms with van der Waals surface area (Å²) >= 11 is 1.38. The van der Waals surface area contributed by atoms with E-state index < -0.39 is 0 Å². The van der Waals surface area contributed by atoms with Crippen molar-refractivity contribution in [1.82, 2.24) is 0 Å². The lowest BCUT2D eigenvalue weighted by Gasteiger charge is -2.05. The summed E-state index contributed by atoms with van der Waals surface area (Å²) in [5, 5.41) is 1.86. The van der Waals surface area contributed by atoms with Crippen molar-refractivity contribution in [2.75, 3.05) is 0 Å². The van der Waals surface area contributed by atoms with Gasteiger partial charge in [0.25, 0.3) is 0 Å². The van der Waals surface area contributed by atoms with Crippen LogP contribution >= 0.6 is 11.3 Å². The summed E-state index contributed by atoms with van der Waals surface area (Å²) in [4.78, 5) is 12.3. The molecule has 2 aromatic rings. The smallest absolute Gasteiger partial charge is 0.353 e. The van der Waals surface area contributed by atoms with Gasteiger partial charge in [0.2, 0.25) is 0 Å². The van der Waals surface area contributed by atoms with Crippen molar-refractivity contribution in [3.63, 3.8) is 0 Å². The van der Waals surface area contributed by atoms with E-state index in [-0.39, 0.29) is 5.97 Å². The van der Waals surface area contributed by atoms with Crippen molar-refractivity contribution < 1.29 is 9.53 Å². The molecule has 0 fully saturated rings. The number of carbonyl (C=O) groups is 1. The predicted molar refractivity (Wildman–Crippen MR) is 65.2 cm³/mol. The van der Waals surface area contributed by atoms with Gasteiger partial charge >= 0.3 is 5.97 Å². The van der Waals surface area contributed by atoms with Crippen molar-refractivity contribution >= 4 is 17.3 Å². The molecule has 0 amide bonds. The van der Waals surface area contributed by atoms with E-state index in [1.807, 2.05) is 43.5 Å². The second kappa shape index (κ2) is 4.49. The Bertz CT molecular complexity index is 501. The van der Waals surface area contributed by atoms with Gasteiger partial charge < -0.3 is 4.74 Å². The number of ether oxygens (including phenoxy) is 1. The van der Waals surface area contributed by atoms with E-state index in [0.717, 1.165) is 5.56 Å². The van der Waals surface area contributed by atoms with E-state index in [4.69, 9.17) is 4.74 Å². The number of carbonyl (C=O) groups excluding carboxylic acids is 1. The maximum Gasteiger partial charge on any atom is 0.353 e. The van der Waals surface area contributed by atoms with Gasteiger partial charge in [-0.05, 0) is 48.6 Å². The molecule has 82 valence electrons.